The van der Waals surface area contributed by atoms with Gasteiger partial charge in [0.1, 0.15) is 11.6 Å². The van der Waals surface area contributed by atoms with E-state index in [1.807, 2.05) is 12.1 Å². The summed E-state index contributed by atoms with van der Waals surface area (Å²) < 4.78 is 5.21. The molecule has 0 spiro atoms. The van der Waals surface area contributed by atoms with Crippen molar-refractivity contribution < 1.29 is 4.42 Å². The third-order valence-electron chi connectivity index (χ3n) is 1.88. The Bertz CT molecular complexity index is 380. The number of hydrogen-bond donors (Lipinski definition) is 1. The molecule has 2 aromatic rings. The number of nitrogens with two attached hydrogens (primary N) is 1. The molecule has 2 rings (SSSR count). The SMILES string of the molecule is NCCc1ncc(-c2ccco2)cn1. The molecule has 0 saturated carbocycles. The molecule has 0 amide bonds. The maximum atomic E-state index is 5.39. The van der Waals surface area contributed by atoms with Gasteiger partial charge in [-0.2, -0.15) is 0 Å². The van der Waals surface area contributed by atoms with E-state index in [0.717, 1.165) is 17.1 Å². The van der Waals surface area contributed by atoms with E-state index in [-0.39, 0.29) is 0 Å². The predicted octanol–water partition coefficient (Wildman–Crippen LogP) is 1.24. The molecule has 0 saturated heterocycles. The topological polar surface area (TPSA) is 64.9 Å². The van der Waals surface area contributed by atoms with Crippen LogP contribution in [0.3, 0.4) is 0 Å². The van der Waals surface area contributed by atoms with Gasteiger partial charge in [0.05, 0.1) is 11.8 Å². The van der Waals surface area contributed by atoms with Crippen molar-refractivity contribution in [2.75, 3.05) is 6.54 Å². The highest BCUT2D eigenvalue weighted by Crippen LogP contribution is 2.17. The Labute approximate surface area is 81.8 Å². The van der Waals surface area contributed by atoms with Crippen LogP contribution in [0.25, 0.3) is 11.3 Å². The van der Waals surface area contributed by atoms with E-state index in [9.17, 15) is 0 Å². The van der Waals surface area contributed by atoms with Gasteiger partial charge in [0.15, 0.2) is 0 Å². The van der Waals surface area contributed by atoms with E-state index < -0.39 is 0 Å². The molecule has 0 unspecified atom stereocenters. The zero-order chi connectivity index (χ0) is 9.80. The molecule has 0 aliphatic rings. The Morgan fingerprint density at radius 1 is 1.29 bits per heavy atom. The van der Waals surface area contributed by atoms with E-state index in [0.29, 0.717) is 13.0 Å². The van der Waals surface area contributed by atoms with Crippen molar-refractivity contribution in [1.82, 2.24) is 9.97 Å². The summed E-state index contributed by atoms with van der Waals surface area (Å²) in [5.41, 5.74) is 6.28. The Morgan fingerprint density at radius 2 is 2.07 bits per heavy atom. The lowest BCUT2D eigenvalue weighted by molar-refractivity contribution is 0.581. The Hall–Kier alpha value is -1.68. The van der Waals surface area contributed by atoms with Gasteiger partial charge in [-0.3, -0.25) is 0 Å². The smallest absolute Gasteiger partial charge is 0.136 e. The third kappa shape index (κ3) is 1.80. The second-order valence-electron chi connectivity index (χ2n) is 2.90. The summed E-state index contributed by atoms with van der Waals surface area (Å²) in [5, 5.41) is 0. The highest BCUT2D eigenvalue weighted by molar-refractivity contribution is 5.54. The molecule has 0 aliphatic heterocycles. The first kappa shape index (κ1) is 8.90. The minimum absolute atomic E-state index is 0.570. The second-order valence-corrected chi connectivity index (χ2v) is 2.90. The predicted molar refractivity (Wildman–Crippen MR) is 52.5 cm³/mol. The average molecular weight is 189 g/mol. The summed E-state index contributed by atoms with van der Waals surface area (Å²) in [4.78, 5) is 8.35. The molecule has 0 fully saturated rings. The Balaban J connectivity index is 2.22. The van der Waals surface area contributed by atoms with Crippen molar-refractivity contribution in [3.05, 3.63) is 36.6 Å². The number of furan rings is 1. The first-order chi connectivity index (χ1) is 6.90. The van der Waals surface area contributed by atoms with Crippen LogP contribution in [0.4, 0.5) is 0 Å². The van der Waals surface area contributed by atoms with Gasteiger partial charge < -0.3 is 10.2 Å². The lowest BCUT2D eigenvalue weighted by Crippen LogP contribution is -2.05. The molecule has 2 N–H and O–H groups in total. The Kier molecular flexibility index (Phi) is 2.55. The van der Waals surface area contributed by atoms with Gasteiger partial charge in [0.2, 0.25) is 0 Å². The van der Waals surface area contributed by atoms with Crippen molar-refractivity contribution in [2.45, 2.75) is 6.42 Å². The van der Waals surface area contributed by atoms with Gasteiger partial charge >= 0.3 is 0 Å². The van der Waals surface area contributed by atoms with Crippen LogP contribution in [-0.2, 0) is 6.42 Å². The summed E-state index contributed by atoms with van der Waals surface area (Å²) in [5.74, 6) is 1.55. The van der Waals surface area contributed by atoms with Crippen molar-refractivity contribution >= 4 is 0 Å². The Morgan fingerprint density at radius 3 is 2.64 bits per heavy atom. The highest BCUT2D eigenvalue weighted by Gasteiger charge is 2.01. The molecule has 72 valence electrons. The molecular weight excluding hydrogens is 178 g/mol. The largest absolute Gasteiger partial charge is 0.464 e. The van der Waals surface area contributed by atoms with Gasteiger partial charge in [-0.05, 0) is 18.7 Å². The van der Waals surface area contributed by atoms with Crippen LogP contribution in [0.15, 0.2) is 35.2 Å². The molecule has 4 nitrogen and oxygen atoms in total. The number of aromatic nitrogens is 2. The minimum atomic E-state index is 0.570. The molecule has 2 aromatic heterocycles. The molecule has 14 heavy (non-hydrogen) atoms. The molecular formula is C10H11N3O. The fraction of sp³-hybridized carbons (Fsp3) is 0.200. The fourth-order valence-corrected chi connectivity index (χ4v) is 1.18. The lowest BCUT2D eigenvalue weighted by Gasteiger charge is -1.98. The maximum absolute atomic E-state index is 5.39. The van der Waals surface area contributed by atoms with Crippen molar-refractivity contribution in [1.29, 1.82) is 0 Å². The number of hydrogen-bond acceptors (Lipinski definition) is 4. The summed E-state index contributed by atoms with van der Waals surface area (Å²) in [7, 11) is 0. The second kappa shape index (κ2) is 4.02. The zero-order valence-corrected chi connectivity index (χ0v) is 7.68. The van der Waals surface area contributed by atoms with Gasteiger partial charge in [0.25, 0.3) is 0 Å². The number of nitrogens with zero attached hydrogens (tertiary/aromatic N) is 2. The van der Waals surface area contributed by atoms with Gasteiger partial charge in [-0.15, -0.1) is 0 Å². The zero-order valence-electron chi connectivity index (χ0n) is 7.68. The van der Waals surface area contributed by atoms with E-state index >= 15 is 0 Å². The first-order valence-electron chi connectivity index (χ1n) is 4.45. The van der Waals surface area contributed by atoms with Crippen LogP contribution >= 0.6 is 0 Å². The molecule has 0 radical (unpaired) electrons. The molecule has 4 heteroatoms. The van der Waals surface area contributed by atoms with Gasteiger partial charge in [-0.1, -0.05) is 0 Å². The molecule has 0 aromatic carbocycles. The van der Waals surface area contributed by atoms with Crippen molar-refractivity contribution in [2.24, 2.45) is 5.73 Å². The van der Waals surface area contributed by atoms with Crippen LogP contribution in [-0.4, -0.2) is 16.5 Å². The molecule has 0 aliphatic carbocycles. The van der Waals surface area contributed by atoms with Crippen molar-refractivity contribution in [3.8, 4) is 11.3 Å². The molecule has 0 bridgehead atoms. The number of rotatable bonds is 3. The van der Waals surface area contributed by atoms with E-state index in [1.165, 1.54) is 0 Å². The van der Waals surface area contributed by atoms with Crippen LogP contribution in [0, 0.1) is 0 Å². The van der Waals surface area contributed by atoms with E-state index in [2.05, 4.69) is 9.97 Å². The third-order valence-corrected chi connectivity index (χ3v) is 1.88. The highest BCUT2D eigenvalue weighted by atomic mass is 16.3. The monoisotopic (exact) mass is 189 g/mol. The van der Waals surface area contributed by atoms with Gasteiger partial charge in [0, 0.05) is 18.8 Å². The minimum Gasteiger partial charge on any atom is -0.464 e. The quantitative estimate of drug-likeness (QED) is 0.788. The lowest BCUT2D eigenvalue weighted by atomic mass is 10.2. The summed E-state index contributed by atoms with van der Waals surface area (Å²) in [6.45, 7) is 0.570. The fourth-order valence-electron chi connectivity index (χ4n) is 1.18. The first-order valence-corrected chi connectivity index (χ1v) is 4.45. The van der Waals surface area contributed by atoms with Crippen LogP contribution in [0.2, 0.25) is 0 Å². The van der Waals surface area contributed by atoms with Gasteiger partial charge in [-0.25, -0.2) is 9.97 Å². The molecule has 0 atom stereocenters. The van der Waals surface area contributed by atoms with Crippen LogP contribution < -0.4 is 5.73 Å². The summed E-state index contributed by atoms with van der Waals surface area (Å²) >= 11 is 0. The standard InChI is InChI=1S/C10H11N3O/c11-4-3-10-12-6-8(7-13-10)9-2-1-5-14-9/h1-2,5-7H,3-4,11H2. The summed E-state index contributed by atoms with van der Waals surface area (Å²) in [6, 6.07) is 3.71. The van der Waals surface area contributed by atoms with Crippen LogP contribution in [0.1, 0.15) is 5.82 Å². The summed E-state index contributed by atoms with van der Waals surface area (Å²) in [6.07, 6.45) is 5.83. The molecule has 2 heterocycles. The van der Waals surface area contributed by atoms with Crippen LogP contribution in [0.5, 0.6) is 0 Å². The van der Waals surface area contributed by atoms with E-state index in [1.54, 1.807) is 18.7 Å². The average Bonchev–Trinajstić information content (AvgIpc) is 2.72. The van der Waals surface area contributed by atoms with E-state index in [4.69, 9.17) is 10.2 Å². The maximum Gasteiger partial charge on any atom is 0.136 e. The normalized spacial score (nSPS) is 10.4. The van der Waals surface area contributed by atoms with Crippen molar-refractivity contribution in [3.63, 3.8) is 0 Å².